The minimum absolute atomic E-state index is 0.148. The summed E-state index contributed by atoms with van der Waals surface area (Å²) < 4.78 is 9.49. The minimum atomic E-state index is -0.549. The Morgan fingerprint density at radius 2 is 1.75 bits per heavy atom. The molecule has 0 bridgehead atoms. The van der Waals surface area contributed by atoms with Crippen molar-refractivity contribution in [2.75, 3.05) is 13.2 Å². The maximum atomic E-state index is 10.9. The van der Waals surface area contributed by atoms with Gasteiger partial charge in [-0.05, 0) is 13.8 Å². The lowest BCUT2D eigenvalue weighted by Gasteiger charge is -2.03. The highest BCUT2D eigenvalue weighted by Gasteiger charge is 2.05. The first kappa shape index (κ1) is 14.3. The van der Waals surface area contributed by atoms with Gasteiger partial charge in [0.15, 0.2) is 0 Å². The van der Waals surface area contributed by atoms with E-state index in [1.807, 2.05) is 0 Å². The number of ketones is 1. The lowest BCUT2D eigenvalue weighted by atomic mass is 10.3. The van der Waals surface area contributed by atoms with Crippen LogP contribution in [0.15, 0.2) is 12.2 Å². The van der Waals surface area contributed by atoms with Crippen LogP contribution in [0.25, 0.3) is 0 Å². The molecule has 0 aliphatic rings. The molecule has 0 aliphatic carbocycles. The molecule has 0 N–H and O–H groups in total. The Morgan fingerprint density at radius 1 is 1.12 bits per heavy atom. The fraction of sp³-hybridized carbons (Fsp3) is 0.545. The van der Waals surface area contributed by atoms with Crippen LogP contribution in [0, 0.1) is 0 Å². The number of hydrogen-bond acceptors (Lipinski definition) is 5. The average molecular weight is 228 g/mol. The van der Waals surface area contributed by atoms with Crippen LogP contribution >= 0.6 is 0 Å². The molecule has 0 amide bonds. The van der Waals surface area contributed by atoms with E-state index in [1.165, 1.54) is 13.0 Å². The van der Waals surface area contributed by atoms with Crippen molar-refractivity contribution in [2.45, 2.75) is 26.7 Å². The highest BCUT2D eigenvalue weighted by atomic mass is 16.5. The van der Waals surface area contributed by atoms with Gasteiger partial charge >= 0.3 is 11.9 Å². The van der Waals surface area contributed by atoms with Crippen molar-refractivity contribution < 1.29 is 23.9 Å². The molecule has 0 saturated carbocycles. The van der Waals surface area contributed by atoms with Crippen LogP contribution in [-0.2, 0) is 23.9 Å². The molecule has 0 saturated heterocycles. The SMILES string of the molecule is C/C=C/C(=O)OCCCOC(=O)CC(C)=O. The molecule has 5 nitrogen and oxygen atoms in total. The van der Waals surface area contributed by atoms with Gasteiger partial charge in [-0.3, -0.25) is 9.59 Å². The van der Waals surface area contributed by atoms with Crippen LogP contribution < -0.4 is 0 Å². The molecule has 16 heavy (non-hydrogen) atoms. The number of esters is 2. The maximum absolute atomic E-state index is 10.9. The zero-order chi connectivity index (χ0) is 12.4. The summed E-state index contributed by atoms with van der Waals surface area (Å²) in [6.45, 7) is 3.37. The number of allylic oxidation sites excluding steroid dienone is 1. The van der Waals surface area contributed by atoms with Crippen molar-refractivity contribution in [3.63, 3.8) is 0 Å². The second-order valence-corrected chi connectivity index (χ2v) is 3.12. The van der Waals surface area contributed by atoms with Crippen LogP contribution in [0.4, 0.5) is 0 Å². The van der Waals surface area contributed by atoms with Gasteiger partial charge in [0.25, 0.3) is 0 Å². The Labute approximate surface area is 94.4 Å². The van der Waals surface area contributed by atoms with E-state index in [0.29, 0.717) is 6.42 Å². The van der Waals surface area contributed by atoms with Gasteiger partial charge in [-0.25, -0.2) is 4.79 Å². The molecule has 0 spiro atoms. The van der Waals surface area contributed by atoms with E-state index in [1.54, 1.807) is 13.0 Å². The third kappa shape index (κ3) is 8.93. The molecule has 0 unspecified atom stereocenters. The predicted octanol–water partition coefficient (Wildman–Crippen LogP) is 1.02. The van der Waals surface area contributed by atoms with Gasteiger partial charge in [-0.1, -0.05) is 6.08 Å². The van der Waals surface area contributed by atoms with Gasteiger partial charge in [-0.15, -0.1) is 0 Å². The maximum Gasteiger partial charge on any atom is 0.330 e. The van der Waals surface area contributed by atoms with Crippen LogP contribution in [0.3, 0.4) is 0 Å². The molecule has 0 aromatic heterocycles. The normalized spacial score (nSPS) is 10.1. The first-order valence-corrected chi connectivity index (χ1v) is 5.00. The number of ether oxygens (including phenoxy) is 2. The Kier molecular flexibility index (Phi) is 7.75. The Morgan fingerprint density at radius 3 is 2.31 bits per heavy atom. The summed E-state index contributed by atoms with van der Waals surface area (Å²) in [6.07, 6.45) is 3.10. The Hall–Kier alpha value is -1.65. The second-order valence-electron chi connectivity index (χ2n) is 3.12. The molecule has 90 valence electrons. The third-order valence-electron chi connectivity index (χ3n) is 1.49. The van der Waals surface area contributed by atoms with Crippen molar-refractivity contribution in [3.05, 3.63) is 12.2 Å². The first-order valence-electron chi connectivity index (χ1n) is 5.00. The molecular weight excluding hydrogens is 212 g/mol. The van der Waals surface area contributed by atoms with E-state index in [2.05, 4.69) is 0 Å². The largest absolute Gasteiger partial charge is 0.465 e. The summed E-state index contributed by atoms with van der Waals surface area (Å²) in [4.78, 5) is 32.2. The molecule has 0 aromatic rings. The fourth-order valence-corrected chi connectivity index (χ4v) is 0.856. The lowest BCUT2D eigenvalue weighted by Crippen LogP contribution is -2.11. The Bertz CT molecular complexity index is 280. The quantitative estimate of drug-likeness (QED) is 0.281. The highest BCUT2D eigenvalue weighted by Crippen LogP contribution is 1.92. The van der Waals surface area contributed by atoms with Crippen molar-refractivity contribution >= 4 is 17.7 Å². The third-order valence-corrected chi connectivity index (χ3v) is 1.49. The molecule has 0 heterocycles. The smallest absolute Gasteiger partial charge is 0.330 e. The Balaban J connectivity index is 3.43. The predicted molar refractivity (Wildman–Crippen MR) is 56.6 cm³/mol. The molecule has 0 radical (unpaired) electrons. The molecule has 0 atom stereocenters. The molecule has 0 rings (SSSR count). The van der Waals surface area contributed by atoms with E-state index in [-0.39, 0.29) is 25.4 Å². The van der Waals surface area contributed by atoms with Gasteiger partial charge in [-0.2, -0.15) is 0 Å². The summed E-state index contributed by atoms with van der Waals surface area (Å²) >= 11 is 0. The molecule has 0 aromatic carbocycles. The molecule has 0 fully saturated rings. The summed E-state index contributed by atoms with van der Waals surface area (Å²) in [5, 5.41) is 0. The van der Waals surface area contributed by atoms with Gasteiger partial charge < -0.3 is 9.47 Å². The number of carbonyl (C=O) groups excluding carboxylic acids is 3. The van der Waals surface area contributed by atoms with Gasteiger partial charge in [0.05, 0.1) is 13.2 Å². The van der Waals surface area contributed by atoms with E-state index >= 15 is 0 Å². The summed E-state index contributed by atoms with van der Waals surface area (Å²) in [5.41, 5.74) is 0. The highest BCUT2D eigenvalue weighted by molar-refractivity contribution is 5.94. The first-order chi connectivity index (χ1) is 7.56. The minimum Gasteiger partial charge on any atom is -0.465 e. The van der Waals surface area contributed by atoms with Crippen molar-refractivity contribution in [2.24, 2.45) is 0 Å². The molecule has 0 aliphatic heterocycles. The van der Waals surface area contributed by atoms with Crippen molar-refractivity contribution in [3.8, 4) is 0 Å². The van der Waals surface area contributed by atoms with Gasteiger partial charge in [0.2, 0.25) is 0 Å². The summed E-state index contributed by atoms with van der Waals surface area (Å²) in [6, 6.07) is 0. The van der Waals surface area contributed by atoms with E-state index < -0.39 is 11.9 Å². The zero-order valence-electron chi connectivity index (χ0n) is 9.52. The van der Waals surface area contributed by atoms with E-state index in [0.717, 1.165) is 0 Å². The summed E-state index contributed by atoms with van der Waals surface area (Å²) in [5.74, 6) is -1.20. The number of Topliss-reactive ketones (excluding diaryl/α,β-unsaturated/α-hetero) is 1. The summed E-state index contributed by atoms with van der Waals surface area (Å²) in [7, 11) is 0. The second kappa shape index (κ2) is 8.64. The number of hydrogen-bond donors (Lipinski definition) is 0. The van der Waals surface area contributed by atoms with Crippen molar-refractivity contribution in [1.82, 2.24) is 0 Å². The van der Waals surface area contributed by atoms with Crippen LogP contribution in [0.2, 0.25) is 0 Å². The van der Waals surface area contributed by atoms with E-state index in [4.69, 9.17) is 9.47 Å². The standard InChI is InChI=1S/C11H16O5/c1-3-5-10(13)15-6-4-7-16-11(14)8-9(2)12/h3,5H,4,6-8H2,1-2H3/b5-3+. The van der Waals surface area contributed by atoms with Crippen molar-refractivity contribution in [1.29, 1.82) is 0 Å². The number of carbonyl (C=O) groups is 3. The number of rotatable bonds is 7. The topological polar surface area (TPSA) is 69.7 Å². The monoisotopic (exact) mass is 228 g/mol. The fourth-order valence-electron chi connectivity index (χ4n) is 0.856. The van der Waals surface area contributed by atoms with Crippen LogP contribution in [0.1, 0.15) is 26.7 Å². The lowest BCUT2D eigenvalue weighted by molar-refractivity contribution is -0.146. The van der Waals surface area contributed by atoms with E-state index in [9.17, 15) is 14.4 Å². The molecular formula is C11H16O5. The van der Waals surface area contributed by atoms with Gasteiger partial charge in [0.1, 0.15) is 12.2 Å². The van der Waals surface area contributed by atoms with Gasteiger partial charge in [0, 0.05) is 12.5 Å². The zero-order valence-corrected chi connectivity index (χ0v) is 9.52. The van der Waals surface area contributed by atoms with Crippen LogP contribution in [0.5, 0.6) is 0 Å². The van der Waals surface area contributed by atoms with Crippen LogP contribution in [-0.4, -0.2) is 30.9 Å². The molecule has 5 heteroatoms. The average Bonchev–Trinajstić information content (AvgIpc) is 2.16.